The Morgan fingerprint density at radius 3 is 2.24 bits per heavy atom. The minimum atomic E-state index is 1.02. The Morgan fingerprint density at radius 2 is 1.71 bits per heavy atom. The number of H-pyrrole nitrogens is 1. The summed E-state index contributed by atoms with van der Waals surface area (Å²) in [4.78, 5) is 7.98. The first-order valence-corrected chi connectivity index (χ1v) is 7.25. The highest BCUT2D eigenvalue weighted by atomic mass is 14.8. The summed E-state index contributed by atoms with van der Waals surface area (Å²) in [6.07, 6.45) is 5.91. The van der Waals surface area contributed by atoms with Crippen LogP contribution in [0.4, 0.5) is 0 Å². The molecule has 0 saturated heterocycles. The van der Waals surface area contributed by atoms with Crippen molar-refractivity contribution in [2.45, 2.75) is 27.7 Å². The van der Waals surface area contributed by atoms with Crippen LogP contribution in [0.3, 0.4) is 0 Å². The molecule has 0 radical (unpaired) electrons. The maximum atomic E-state index is 4.53. The number of allylic oxidation sites excluding steroid dienone is 2. The van der Waals surface area contributed by atoms with Gasteiger partial charge < -0.3 is 4.98 Å². The van der Waals surface area contributed by atoms with Gasteiger partial charge in [-0.1, -0.05) is 17.7 Å². The standard InChI is InChI=1S/C19H20N2/c1-12-10-13(2)18(14(3)11-12)19(16-6-5-9-20-16)17-8-7-15(4)21-17/h5-11,21H,1-4H3/b19-16-. The normalized spacial score (nSPS) is 15.8. The molecule has 0 atom stereocenters. The molecule has 0 bridgehead atoms. The molecule has 0 saturated carbocycles. The highest BCUT2D eigenvalue weighted by Crippen LogP contribution is 2.33. The summed E-state index contributed by atoms with van der Waals surface area (Å²) in [5.41, 5.74) is 9.65. The van der Waals surface area contributed by atoms with E-state index in [0.717, 1.165) is 17.1 Å². The average Bonchev–Trinajstić information content (AvgIpc) is 3.05. The fraction of sp³-hybridized carbons (Fsp3) is 0.211. The summed E-state index contributed by atoms with van der Waals surface area (Å²) in [7, 11) is 0. The molecule has 3 rings (SSSR count). The molecule has 106 valence electrons. The summed E-state index contributed by atoms with van der Waals surface area (Å²) < 4.78 is 0. The summed E-state index contributed by atoms with van der Waals surface area (Å²) in [6, 6.07) is 8.72. The fourth-order valence-electron chi connectivity index (χ4n) is 3.07. The molecule has 0 amide bonds. The number of aromatic amines is 1. The van der Waals surface area contributed by atoms with Crippen LogP contribution in [0.2, 0.25) is 0 Å². The Hall–Kier alpha value is -2.35. The van der Waals surface area contributed by atoms with Crippen molar-refractivity contribution >= 4 is 11.8 Å². The predicted molar refractivity (Wildman–Crippen MR) is 89.8 cm³/mol. The van der Waals surface area contributed by atoms with Gasteiger partial charge in [-0.15, -0.1) is 0 Å². The molecule has 1 aliphatic heterocycles. The molecule has 2 aromatic rings. The number of hydrogen-bond donors (Lipinski definition) is 1. The third-order valence-corrected chi connectivity index (χ3v) is 3.84. The van der Waals surface area contributed by atoms with Crippen LogP contribution in [-0.2, 0) is 0 Å². The zero-order valence-electron chi connectivity index (χ0n) is 13.0. The van der Waals surface area contributed by atoms with Gasteiger partial charge in [0.25, 0.3) is 0 Å². The predicted octanol–water partition coefficient (Wildman–Crippen LogP) is 4.65. The molecular weight excluding hydrogens is 256 g/mol. The van der Waals surface area contributed by atoms with E-state index in [1.165, 1.54) is 27.8 Å². The second-order valence-corrected chi connectivity index (χ2v) is 5.73. The van der Waals surface area contributed by atoms with E-state index in [4.69, 9.17) is 0 Å². The Bertz CT molecular complexity index is 749. The monoisotopic (exact) mass is 276 g/mol. The number of hydrogen-bond acceptors (Lipinski definition) is 1. The van der Waals surface area contributed by atoms with Crippen molar-refractivity contribution in [1.82, 2.24) is 4.98 Å². The van der Waals surface area contributed by atoms with Crippen molar-refractivity contribution in [2.24, 2.45) is 4.99 Å². The number of aryl methyl sites for hydroxylation is 4. The van der Waals surface area contributed by atoms with Gasteiger partial charge in [0.1, 0.15) is 0 Å². The smallest absolute Gasteiger partial charge is 0.0729 e. The van der Waals surface area contributed by atoms with Gasteiger partial charge in [-0.3, -0.25) is 4.99 Å². The van der Waals surface area contributed by atoms with E-state index in [9.17, 15) is 0 Å². The molecule has 2 heteroatoms. The number of aliphatic imine (C=N–C) groups is 1. The van der Waals surface area contributed by atoms with Gasteiger partial charge in [-0.25, -0.2) is 0 Å². The molecule has 1 aromatic heterocycles. The van der Waals surface area contributed by atoms with E-state index in [0.29, 0.717) is 0 Å². The minimum Gasteiger partial charge on any atom is -0.359 e. The maximum absolute atomic E-state index is 4.53. The van der Waals surface area contributed by atoms with Crippen molar-refractivity contribution in [3.05, 3.63) is 75.8 Å². The second kappa shape index (κ2) is 5.21. The zero-order valence-corrected chi connectivity index (χ0v) is 13.0. The van der Waals surface area contributed by atoms with Gasteiger partial charge in [0.2, 0.25) is 0 Å². The molecule has 1 aliphatic rings. The third-order valence-electron chi connectivity index (χ3n) is 3.84. The van der Waals surface area contributed by atoms with Crippen LogP contribution in [0.15, 0.2) is 47.1 Å². The Labute approximate surface area is 125 Å². The van der Waals surface area contributed by atoms with E-state index in [2.05, 4.69) is 68.0 Å². The topological polar surface area (TPSA) is 28.1 Å². The van der Waals surface area contributed by atoms with Crippen LogP contribution in [0.1, 0.15) is 33.6 Å². The average molecular weight is 276 g/mol. The first-order chi connectivity index (χ1) is 10.1. The summed E-state index contributed by atoms with van der Waals surface area (Å²) >= 11 is 0. The van der Waals surface area contributed by atoms with Crippen molar-refractivity contribution in [3.63, 3.8) is 0 Å². The molecule has 1 N–H and O–H groups in total. The minimum absolute atomic E-state index is 1.02. The van der Waals surface area contributed by atoms with E-state index in [-0.39, 0.29) is 0 Å². The third kappa shape index (κ3) is 2.49. The lowest BCUT2D eigenvalue weighted by Crippen LogP contribution is -1.99. The lowest BCUT2D eigenvalue weighted by atomic mass is 9.91. The van der Waals surface area contributed by atoms with Gasteiger partial charge in [0.15, 0.2) is 0 Å². The fourth-order valence-corrected chi connectivity index (χ4v) is 3.07. The molecular formula is C19H20N2. The molecule has 0 aliphatic carbocycles. The SMILES string of the molecule is Cc1cc(C)c(/C(=C2/C=CC=N2)c2ccc(C)[nH]2)c(C)c1. The van der Waals surface area contributed by atoms with Gasteiger partial charge in [-0.05, 0) is 68.7 Å². The molecule has 2 heterocycles. The number of benzene rings is 1. The number of nitrogens with zero attached hydrogens (tertiary/aromatic N) is 1. The lowest BCUT2D eigenvalue weighted by Gasteiger charge is -2.15. The molecule has 1 aromatic carbocycles. The van der Waals surface area contributed by atoms with E-state index in [1.54, 1.807) is 0 Å². The van der Waals surface area contributed by atoms with Gasteiger partial charge in [-0.2, -0.15) is 0 Å². The Kier molecular flexibility index (Phi) is 3.38. The van der Waals surface area contributed by atoms with Crippen molar-refractivity contribution < 1.29 is 0 Å². The van der Waals surface area contributed by atoms with Crippen molar-refractivity contribution in [3.8, 4) is 0 Å². The first-order valence-electron chi connectivity index (χ1n) is 7.25. The van der Waals surface area contributed by atoms with Crippen LogP contribution in [0.5, 0.6) is 0 Å². The summed E-state index contributed by atoms with van der Waals surface area (Å²) in [5, 5.41) is 0. The second-order valence-electron chi connectivity index (χ2n) is 5.73. The summed E-state index contributed by atoms with van der Waals surface area (Å²) in [6.45, 7) is 8.57. The van der Waals surface area contributed by atoms with Crippen LogP contribution in [-0.4, -0.2) is 11.2 Å². The van der Waals surface area contributed by atoms with Crippen molar-refractivity contribution in [1.29, 1.82) is 0 Å². The van der Waals surface area contributed by atoms with E-state index >= 15 is 0 Å². The quantitative estimate of drug-likeness (QED) is 0.827. The van der Waals surface area contributed by atoms with Gasteiger partial charge in [0.05, 0.1) is 5.70 Å². The van der Waals surface area contributed by atoms with Crippen LogP contribution < -0.4 is 0 Å². The van der Waals surface area contributed by atoms with E-state index < -0.39 is 0 Å². The Balaban J connectivity index is 2.30. The zero-order chi connectivity index (χ0) is 15.0. The maximum Gasteiger partial charge on any atom is 0.0729 e. The highest BCUT2D eigenvalue weighted by Gasteiger charge is 2.17. The molecule has 0 spiro atoms. The largest absolute Gasteiger partial charge is 0.359 e. The number of aromatic nitrogens is 1. The van der Waals surface area contributed by atoms with E-state index in [1.807, 2.05) is 12.3 Å². The van der Waals surface area contributed by atoms with Gasteiger partial charge in [0, 0.05) is 23.2 Å². The van der Waals surface area contributed by atoms with Crippen LogP contribution in [0.25, 0.3) is 5.57 Å². The molecule has 21 heavy (non-hydrogen) atoms. The van der Waals surface area contributed by atoms with Crippen molar-refractivity contribution in [2.75, 3.05) is 0 Å². The number of rotatable bonds is 2. The first kappa shape index (κ1) is 13.6. The van der Waals surface area contributed by atoms with Crippen LogP contribution in [0, 0.1) is 27.7 Å². The summed E-state index contributed by atoms with van der Waals surface area (Å²) in [5.74, 6) is 0. The Morgan fingerprint density at radius 1 is 1.00 bits per heavy atom. The van der Waals surface area contributed by atoms with Gasteiger partial charge >= 0.3 is 0 Å². The molecule has 0 fully saturated rings. The lowest BCUT2D eigenvalue weighted by molar-refractivity contribution is 1.21. The highest BCUT2D eigenvalue weighted by molar-refractivity contribution is 5.89. The van der Waals surface area contributed by atoms with Crippen LogP contribution >= 0.6 is 0 Å². The molecule has 2 nitrogen and oxygen atoms in total. The molecule has 0 unspecified atom stereocenters. The number of nitrogens with one attached hydrogen (secondary N) is 1.